The van der Waals surface area contributed by atoms with Gasteiger partial charge in [-0.05, 0) is 32.6 Å². The highest BCUT2D eigenvalue weighted by Crippen LogP contribution is 2.21. The molecular weight excluding hydrogens is 270 g/mol. The summed E-state index contributed by atoms with van der Waals surface area (Å²) in [6.07, 6.45) is 4.54. The molecule has 2 fully saturated rings. The van der Waals surface area contributed by atoms with Crippen LogP contribution in [0.15, 0.2) is 0 Å². The van der Waals surface area contributed by atoms with Crippen LogP contribution in [0.2, 0.25) is 0 Å². The van der Waals surface area contributed by atoms with Crippen molar-refractivity contribution in [1.29, 1.82) is 0 Å². The van der Waals surface area contributed by atoms with Gasteiger partial charge in [0.15, 0.2) is 0 Å². The fraction of sp³-hybridized carbons (Fsp3) is 0.769. The molecule has 2 saturated heterocycles. The summed E-state index contributed by atoms with van der Waals surface area (Å²) in [5, 5.41) is 3.39. The van der Waals surface area contributed by atoms with Crippen LogP contribution in [0.5, 0.6) is 0 Å². The van der Waals surface area contributed by atoms with Gasteiger partial charge in [-0.15, -0.1) is 0 Å². The standard InChI is InChI=1S/C13H23N7O/c1-9-8-10(4-7-21-9)15-11-16-12(19-14)18-13(17-11)20-5-2-3-6-20/h9-10H,2-8,14H2,1H3,(H2,15,16,17,18,19). The second kappa shape index (κ2) is 6.40. The maximum atomic E-state index is 5.56. The van der Waals surface area contributed by atoms with E-state index >= 15 is 0 Å². The number of nitrogen functional groups attached to an aromatic ring is 1. The van der Waals surface area contributed by atoms with Crippen LogP contribution >= 0.6 is 0 Å². The van der Waals surface area contributed by atoms with E-state index in [2.05, 4.69) is 37.5 Å². The molecule has 0 amide bonds. The van der Waals surface area contributed by atoms with E-state index in [-0.39, 0.29) is 6.10 Å². The highest BCUT2D eigenvalue weighted by molar-refractivity contribution is 5.44. The third-order valence-electron chi connectivity index (χ3n) is 3.96. The average molecular weight is 293 g/mol. The molecule has 1 aromatic heterocycles. The van der Waals surface area contributed by atoms with E-state index < -0.39 is 0 Å². The van der Waals surface area contributed by atoms with Crippen molar-refractivity contribution in [2.45, 2.75) is 44.8 Å². The Kier molecular flexibility index (Phi) is 4.35. The van der Waals surface area contributed by atoms with Crippen LogP contribution in [-0.4, -0.2) is 46.8 Å². The van der Waals surface area contributed by atoms with Crippen LogP contribution in [-0.2, 0) is 4.74 Å². The van der Waals surface area contributed by atoms with Gasteiger partial charge in [0.25, 0.3) is 0 Å². The molecule has 0 saturated carbocycles. The zero-order valence-electron chi connectivity index (χ0n) is 12.4. The Balaban J connectivity index is 1.75. The zero-order valence-corrected chi connectivity index (χ0v) is 12.4. The van der Waals surface area contributed by atoms with Crippen LogP contribution in [0.4, 0.5) is 17.8 Å². The molecule has 0 bridgehead atoms. The third-order valence-corrected chi connectivity index (χ3v) is 3.96. The lowest BCUT2D eigenvalue weighted by atomic mass is 10.0. The van der Waals surface area contributed by atoms with E-state index in [0.717, 1.165) is 32.5 Å². The summed E-state index contributed by atoms with van der Waals surface area (Å²) in [6.45, 7) is 4.83. The molecule has 1 aromatic rings. The number of rotatable bonds is 4. The lowest BCUT2D eigenvalue weighted by Gasteiger charge is -2.28. The first-order valence-electron chi connectivity index (χ1n) is 7.60. The van der Waals surface area contributed by atoms with Gasteiger partial charge in [0.1, 0.15) is 0 Å². The van der Waals surface area contributed by atoms with Crippen molar-refractivity contribution >= 4 is 17.8 Å². The first-order valence-corrected chi connectivity index (χ1v) is 7.60. The SMILES string of the molecule is CC1CC(Nc2nc(NN)nc(N3CCCC3)n2)CCO1. The highest BCUT2D eigenvalue weighted by Gasteiger charge is 2.22. The van der Waals surface area contributed by atoms with Crippen LogP contribution in [0.1, 0.15) is 32.6 Å². The van der Waals surface area contributed by atoms with E-state index in [0.29, 0.717) is 23.9 Å². The number of nitrogens with two attached hydrogens (primary N) is 1. The number of nitrogens with zero attached hydrogens (tertiary/aromatic N) is 4. The summed E-state index contributed by atoms with van der Waals surface area (Å²) in [7, 11) is 0. The molecule has 3 heterocycles. The van der Waals surface area contributed by atoms with Crippen molar-refractivity contribution in [3.8, 4) is 0 Å². The van der Waals surface area contributed by atoms with Gasteiger partial charge in [-0.1, -0.05) is 0 Å². The summed E-state index contributed by atoms with van der Waals surface area (Å²) < 4.78 is 5.56. The third kappa shape index (κ3) is 3.51. The molecule has 21 heavy (non-hydrogen) atoms. The van der Waals surface area contributed by atoms with E-state index in [1.165, 1.54) is 12.8 Å². The number of ether oxygens (including phenoxy) is 1. The van der Waals surface area contributed by atoms with Crippen molar-refractivity contribution in [2.75, 3.05) is 35.3 Å². The molecule has 8 heteroatoms. The minimum Gasteiger partial charge on any atom is -0.378 e. The summed E-state index contributed by atoms with van der Waals surface area (Å²) >= 11 is 0. The van der Waals surface area contributed by atoms with Crippen LogP contribution in [0.3, 0.4) is 0 Å². The van der Waals surface area contributed by atoms with E-state index in [4.69, 9.17) is 10.6 Å². The van der Waals surface area contributed by atoms with Gasteiger partial charge >= 0.3 is 0 Å². The lowest BCUT2D eigenvalue weighted by Crippen LogP contribution is -2.33. The molecule has 2 aliphatic heterocycles. The maximum Gasteiger partial charge on any atom is 0.243 e. The van der Waals surface area contributed by atoms with Gasteiger partial charge in [0.05, 0.1) is 6.10 Å². The molecule has 0 aromatic carbocycles. The smallest absolute Gasteiger partial charge is 0.243 e. The van der Waals surface area contributed by atoms with Gasteiger partial charge in [-0.2, -0.15) is 15.0 Å². The van der Waals surface area contributed by atoms with Gasteiger partial charge in [-0.3, -0.25) is 5.43 Å². The lowest BCUT2D eigenvalue weighted by molar-refractivity contribution is 0.0231. The summed E-state index contributed by atoms with van der Waals surface area (Å²) in [5.41, 5.74) is 2.52. The number of nitrogens with one attached hydrogen (secondary N) is 2. The van der Waals surface area contributed by atoms with Crippen LogP contribution in [0, 0.1) is 0 Å². The largest absolute Gasteiger partial charge is 0.378 e. The minimum atomic E-state index is 0.267. The van der Waals surface area contributed by atoms with Crippen LogP contribution in [0.25, 0.3) is 0 Å². The normalized spacial score (nSPS) is 25.9. The predicted octanol–water partition coefficient (Wildman–Crippen LogP) is 0.737. The molecule has 2 atom stereocenters. The summed E-state index contributed by atoms with van der Waals surface area (Å²) in [6, 6.07) is 0.327. The van der Waals surface area contributed by atoms with Gasteiger partial charge in [0.2, 0.25) is 17.8 Å². The number of hydrogen-bond donors (Lipinski definition) is 3. The Labute approximate surface area is 124 Å². The number of hydrazine groups is 1. The first kappa shape index (κ1) is 14.3. The minimum absolute atomic E-state index is 0.267. The quantitative estimate of drug-likeness (QED) is 0.552. The second-order valence-electron chi connectivity index (χ2n) is 5.67. The maximum absolute atomic E-state index is 5.56. The van der Waals surface area contributed by atoms with Gasteiger partial charge in [-0.25, -0.2) is 5.84 Å². The zero-order chi connectivity index (χ0) is 14.7. The monoisotopic (exact) mass is 293 g/mol. The molecule has 2 aliphatic rings. The van der Waals surface area contributed by atoms with E-state index in [9.17, 15) is 0 Å². The highest BCUT2D eigenvalue weighted by atomic mass is 16.5. The number of aromatic nitrogens is 3. The predicted molar refractivity (Wildman–Crippen MR) is 81.1 cm³/mol. The van der Waals surface area contributed by atoms with Crippen LogP contribution < -0.4 is 21.5 Å². The Morgan fingerprint density at radius 1 is 1.19 bits per heavy atom. The molecule has 116 valence electrons. The Hall–Kier alpha value is -1.67. The van der Waals surface area contributed by atoms with E-state index in [1.807, 2.05) is 0 Å². The fourth-order valence-electron chi connectivity index (χ4n) is 2.86. The van der Waals surface area contributed by atoms with Crippen molar-refractivity contribution < 1.29 is 4.74 Å². The Morgan fingerprint density at radius 3 is 2.67 bits per heavy atom. The fourth-order valence-corrected chi connectivity index (χ4v) is 2.86. The summed E-state index contributed by atoms with van der Waals surface area (Å²) in [5.74, 6) is 7.15. The summed E-state index contributed by atoms with van der Waals surface area (Å²) in [4.78, 5) is 15.4. The topological polar surface area (TPSA) is 101 Å². The van der Waals surface area contributed by atoms with E-state index in [1.54, 1.807) is 0 Å². The van der Waals surface area contributed by atoms with Crippen molar-refractivity contribution in [3.05, 3.63) is 0 Å². The number of anilines is 3. The molecular formula is C13H23N7O. The molecule has 0 radical (unpaired) electrons. The molecule has 0 spiro atoms. The number of hydrogen-bond acceptors (Lipinski definition) is 8. The van der Waals surface area contributed by atoms with Crippen molar-refractivity contribution in [1.82, 2.24) is 15.0 Å². The second-order valence-corrected chi connectivity index (χ2v) is 5.67. The van der Waals surface area contributed by atoms with Crippen molar-refractivity contribution in [2.24, 2.45) is 5.84 Å². The molecule has 4 N–H and O–H groups in total. The van der Waals surface area contributed by atoms with Crippen molar-refractivity contribution in [3.63, 3.8) is 0 Å². The first-order chi connectivity index (χ1) is 10.2. The molecule has 3 rings (SSSR count). The molecule has 0 aliphatic carbocycles. The van der Waals surface area contributed by atoms with Gasteiger partial charge in [0, 0.05) is 25.7 Å². The molecule has 8 nitrogen and oxygen atoms in total. The molecule has 2 unspecified atom stereocenters. The Bertz CT molecular complexity index is 478. The van der Waals surface area contributed by atoms with Gasteiger partial charge < -0.3 is 15.0 Å². The Morgan fingerprint density at radius 2 is 1.95 bits per heavy atom. The average Bonchev–Trinajstić information content (AvgIpc) is 3.01.